The van der Waals surface area contributed by atoms with Crippen molar-refractivity contribution in [2.24, 2.45) is 0 Å². The number of aryl methyl sites for hydroxylation is 3. The summed E-state index contributed by atoms with van der Waals surface area (Å²) in [5.41, 5.74) is 2.23. The second kappa shape index (κ2) is 5.93. The predicted molar refractivity (Wildman–Crippen MR) is 92.2 cm³/mol. The van der Waals surface area contributed by atoms with Crippen molar-refractivity contribution in [2.45, 2.75) is 20.8 Å². The molecule has 0 aliphatic heterocycles. The van der Waals surface area contributed by atoms with Crippen LogP contribution in [0.25, 0.3) is 21.1 Å². The average molecular weight is 312 g/mol. The Bertz CT molecular complexity index is 855. The van der Waals surface area contributed by atoms with Crippen molar-refractivity contribution in [1.82, 2.24) is 0 Å². The third-order valence-corrected chi connectivity index (χ3v) is 4.42. The normalized spacial score (nSPS) is 10.7. The van der Waals surface area contributed by atoms with Crippen molar-refractivity contribution in [2.75, 3.05) is 0 Å². The third kappa shape index (κ3) is 3.20. The summed E-state index contributed by atoms with van der Waals surface area (Å²) in [6.07, 6.45) is 0. The van der Waals surface area contributed by atoms with Crippen LogP contribution < -0.4 is 0 Å². The van der Waals surface area contributed by atoms with E-state index >= 15 is 0 Å². The lowest BCUT2D eigenvalue weighted by atomic mass is 10.2. The highest BCUT2D eigenvalue weighted by Gasteiger charge is 1.99. The van der Waals surface area contributed by atoms with Crippen molar-refractivity contribution in [1.29, 1.82) is 0 Å². The Hall–Kier alpha value is -2.13. The molecule has 0 amide bonds. The van der Waals surface area contributed by atoms with Crippen LogP contribution in [0.5, 0.6) is 0 Å². The monoisotopic (exact) mass is 312 g/mol. The molecule has 0 N–H and O–H groups in total. The van der Waals surface area contributed by atoms with E-state index in [9.17, 15) is 4.39 Å². The van der Waals surface area contributed by atoms with E-state index in [1.165, 1.54) is 21.9 Å². The number of hydrogen-bond acceptors (Lipinski definition) is 2. The molecule has 0 fully saturated rings. The van der Waals surface area contributed by atoms with Gasteiger partial charge in [0.15, 0.2) is 0 Å². The largest absolute Gasteiger partial charge is 0.461 e. The summed E-state index contributed by atoms with van der Waals surface area (Å²) in [5.74, 6) is 0.824. The zero-order chi connectivity index (χ0) is 15.7. The molecule has 0 aliphatic rings. The Kier molecular flexibility index (Phi) is 3.99. The van der Waals surface area contributed by atoms with Crippen LogP contribution in [0.1, 0.15) is 16.2 Å². The maximum Gasteiger partial charge on any atom is 0.134 e. The lowest BCUT2D eigenvalue weighted by Crippen LogP contribution is -1.68. The number of furan rings is 1. The van der Waals surface area contributed by atoms with Gasteiger partial charge < -0.3 is 4.42 Å². The van der Waals surface area contributed by atoms with Crippen LogP contribution in [0.3, 0.4) is 0 Å². The van der Waals surface area contributed by atoms with Gasteiger partial charge in [-0.1, -0.05) is 18.2 Å². The minimum Gasteiger partial charge on any atom is -0.461 e. The molecule has 0 radical (unpaired) electrons. The van der Waals surface area contributed by atoms with E-state index in [1.54, 1.807) is 17.4 Å². The third-order valence-electron chi connectivity index (χ3n) is 3.40. The first kappa shape index (κ1) is 14.8. The van der Waals surface area contributed by atoms with E-state index in [0.717, 1.165) is 21.4 Å². The maximum atomic E-state index is 12.7. The van der Waals surface area contributed by atoms with Crippen molar-refractivity contribution < 1.29 is 8.81 Å². The van der Waals surface area contributed by atoms with Gasteiger partial charge in [-0.15, -0.1) is 11.3 Å². The van der Waals surface area contributed by atoms with Crippen molar-refractivity contribution in [3.8, 4) is 0 Å². The van der Waals surface area contributed by atoms with Crippen LogP contribution >= 0.6 is 11.3 Å². The highest BCUT2D eigenvalue weighted by Crippen LogP contribution is 2.25. The molecule has 0 atom stereocenters. The van der Waals surface area contributed by atoms with Gasteiger partial charge in [0.05, 0.1) is 0 Å². The van der Waals surface area contributed by atoms with Crippen LogP contribution in [0, 0.1) is 26.6 Å². The molecule has 2 heterocycles. The molecule has 1 nitrogen and oxygen atoms in total. The summed E-state index contributed by atoms with van der Waals surface area (Å²) in [6, 6.07) is 15.2. The van der Waals surface area contributed by atoms with Gasteiger partial charge in [-0.3, -0.25) is 0 Å². The maximum absolute atomic E-state index is 12.7. The lowest BCUT2D eigenvalue weighted by Gasteiger charge is -1.89. The fraction of sp³-hybridized carbons (Fsp3) is 0.158. The molecule has 4 aromatic rings. The minimum absolute atomic E-state index is 0.153. The van der Waals surface area contributed by atoms with Crippen molar-refractivity contribution >= 4 is 32.4 Å². The van der Waals surface area contributed by atoms with Gasteiger partial charge in [-0.05, 0) is 62.1 Å². The van der Waals surface area contributed by atoms with Crippen molar-refractivity contribution in [3.63, 3.8) is 0 Å². The van der Waals surface area contributed by atoms with E-state index in [-0.39, 0.29) is 5.82 Å². The average Bonchev–Trinajstić information content (AvgIpc) is 2.99. The molecule has 0 bridgehead atoms. The Morgan fingerprint density at radius 3 is 2.45 bits per heavy atom. The molecule has 4 rings (SSSR count). The molecule has 0 saturated heterocycles. The molecular weight excluding hydrogens is 295 g/mol. The zero-order valence-corrected chi connectivity index (χ0v) is 13.6. The van der Waals surface area contributed by atoms with Gasteiger partial charge in [-0.25, -0.2) is 4.39 Å². The number of benzene rings is 2. The van der Waals surface area contributed by atoms with Crippen LogP contribution in [-0.4, -0.2) is 0 Å². The van der Waals surface area contributed by atoms with Gasteiger partial charge in [0.2, 0.25) is 0 Å². The molecule has 2 aromatic carbocycles. The number of hydrogen-bond donors (Lipinski definition) is 0. The van der Waals surface area contributed by atoms with Gasteiger partial charge >= 0.3 is 0 Å². The topological polar surface area (TPSA) is 13.1 Å². The second-order valence-corrected chi connectivity index (χ2v) is 6.73. The summed E-state index contributed by atoms with van der Waals surface area (Å²) in [6.45, 7) is 6.06. The minimum atomic E-state index is -0.153. The van der Waals surface area contributed by atoms with E-state index in [1.807, 2.05) is 19.9 Å². The molecule has 3 heteroatoms. The lowest BCUT2D eigenvalue weighted by molar-refractivity contribution is 0.578. The molecule has 0 unspecified atom stereocenters. The molecular formula is C19H17FOS. The first-order chi connectivity index (χ1) is 10.5. The fourth-order valence-electron chi connectivity index (χ4n) is 2.41. The number of fused-ring (bicyclic) bond motifs is 2. The number of rotatable bonds is 0. The quantitative estimate of drug-likeness (QED) is 0.366. The summed E-state index contributed by atoms with van der Waals surface area (Å²) >= 11 is 1.63. The molecule has 22 heavy (non-hydrogen) atoms. The summed E-state index contributed by atoms with van der Waals surface area (Å²) < 4.78 is 19.1. The molecule has 0 saturated carbocycles. The van der Waals surface area contributed by atoms with Crippen LogP contribution in [0.15, 0.2) is 52.9 Å². The van der Waals surface area contributed by atoms with Gasteiger partial charge in [0, 0.05) is 15.0 Å². The van der Waals surface area contributed by atoms with Gasteiger partial charge in [0.25, 0.3) is 0 Å². The Labute approximate surface area is 133 Å². The Balaban J connectivity index is 0.000000131. The van der Waals surface area contributed by atoms with Gasteiger partial charge in [-0.2, -0.15) is 0 Å². The molecule has 112 valence electrons. The van der Waals surface area contributed by atoms with Crippen LogP contribution in [0.4, 0.5) is 4.39 Å². The van der Waals surface area contributed by atoms with Crippen molar-refractivity contribution in [3.05, 3.63) is 70.5 Å². The van der Waals surface area contributed by atoms with E-state index in [4.69, 9.17) is 4.42 Å². The standard InChI is InChI=1S/C10H10O.C9H7FS/c1-7-3-4-9-6-8(2)11-10(9)5-7;1-6-4-7-2-3-8(10)5-9(7)11-6/h3-6H,1-2H3;2-5H,1H3. The highest BCUT2D eigenvalue weighted by atomic mass is 32.1. The number of halogens is 1. The van der Waals surface area contributed by atoms with E-state index in [0.29, 0.717) is 0 Å². The SMILES string of the molecule is Cc1cc2ccc(F)cc2s1.Cc1ccc2cc(C)oc2c1. The second-order valence-electron chi connectivity index (χ2n) is 5.44. The predicted octanol–water partition coefficient (Wildman–Crippen LogP) is 6.40. The van der Waals surface area contributed by atoms with E-state index in [2.05, 4.69) is 37.3 Å². The summed E-state index contributed by atoms with van der Waals surface area (Å²) in [7, 11) is 0. The van der Waals surface area contributed by atoms with Crippen LogP contribution in [-0.2, 0) is 0 Å². The molecule has 0 aliphatic carbocycles. The fourth-order valence-corrected chi connectivity index (χ4v) is 3.36. The van der Waals surface area contributed by atoms with Gasteiger partial charge in [0.1, 0.15) is 17.2 Å². The first-order valence-corrected chi connectivity index (χ1v) is 7.95. The molecule has 2 aromatic heterocycles. The first-order valence-electron chi connectivity index (χ1n) is 7.14. The summed E-state index contributed by atoms with van der Waals surface area (Å²) in [4.78, 5) is 1.23. The van der Waals surface area contributed by atoms with Crippen LogP contribution in [0.2, 0.25) is 0 Å². The Morgan fingerprint density at radius 1 is 0.864 bits per heavy atom. The Morgan fingerprint density at radius 2 is 1.64 bits per heavy atom. The van der Waals surface area contributed by atoms with E-state index < -0.39 is 0 Å². The summed E-state index contributed by atoms with van der Waals surface area (Å²) in [5, 5.41) is 2.32. The highest BCUT2D eigenvalue weighted by molar-refractivity contribution is 7.19. The smallest absolute Gasteiger partial charge is 0.134 e. The number of thiophene rings is 1. The zero-order valence-electron chi connectivity index (χ0n) is 12.8. The molecule has 0 spiro atoms.